The predicted molar refractivity (Wildman–Crippen MR) is 67.3 cm³/mol. The fourth-order valence-corrected chi connectivity index (χ4v) is 2.45. The fourth-order valence-electron chi connectivity index (χ4n) is 2.45. The van der Waals surface area contributed by atoms with Crippen LogP contribution in [0.15, 0.2) is 16.5 Å². The molecular formula is C12H17N3O4. The molecule has 0 spiro atoms. The number of hydrogen-bond acceptors (Lipinski definition) is 5. The highest BCUT2D eigenvalue weighted by molar-refractivity contribution is 5.77. The summed E-state index contributed by atoms with van der Waals surface area (Å²) in [6.45, 7) is 2.54. The minimum Gasteiger partial charge on any atom is -0.404 e. The van der Waals surface area contributed by atoms with Gasteiger partial charge in [-0.1, -0.05) is 6.92 Å². The maximum Gasteiger partial charge on any atom is 0.433 e. The van der Waals surface area contributed by atoms with Crippen molar-refractivity contribution in [2.45, 2.75) is 38.3 Å². The van der Waals surface area contributed by atoms with E-state index in [-0.39, 0.29) is 17.8 Å². The summed E-state index contributed by atoms with van der Waals surface area (Å²) in [4.78, 5) is 23.7. The van der Waals surface area contributed by atoms with Gasteiger partial charge in [0.25, 0.3) is 0 Å². The number of carbonyl (C=O) groups excluding carboxylic acids is 1. The molecule has 104 valence electrons. The Morgan fingerprint density at radius 2 is 2.32 bits per heavy atom. The number of hydrogen-bond donors (Lipinski definition) is 1. The van der Waals surface area contributed by atoms with E-state index in [4.69, 9.17) is 10.2 Å². The molecule has 1 aromatic rings. The molecule has 19 heavy (non-hydrogen) atoms. The van der Waals surface area contributed by atoms with E-state index in [1.54, 1.807) is 4.90 Å². The van der Waals surface area contributed by atoms with Crippen LogP contribution in [0.4, 0.5) is 5.88 Å². The summed E-state index contributed by atoms with van der Waals surface area (Å²) < 4.78 is 5.21. The Morgan fingerprint density at radius 1 is 1.58 bits per heavy atom. The summed E-state index contributed by atoms with van der Waals surface area (Å²) in [5.74, 6) is 0.0879. The molecule has 2 N–H and O–H groups in total. The molecule has 1 fully saturated rings. The van der Waals surface area contributed by atoms with E-state index in [9.17, 15) is 14.9 Å². The number of furan rings is 1. The highest BCUT2D eigenvalue weighted by Crippen LogP contribution is 2.33. The first-order chi connectivity index (χ1) is 9.04. The number of rotatable bonds is 4. The molecule has 1 aromatic heterocycles. The van der Waals surface area contributed by atoms with Gasteiger partial charge in [-0.15, -0.1) is 0 Å². The third-order valence-electron chi connectivity index (χ3n) is 3.30. The summed E-state index contributed by atoms with van der Waals surface area (Å²) in [6.07, 6.45) is 1.79. The van der Waals surface area contributed by atoms with E-state index < -0.39 is 11.0 Å². The quantitative estimate of drug-likeness (QED) is 0.659. The van der Waals surface area contributed by atoms with Crippen LogP contribution in [-0.4, -0.2) is 28.3 Å². The maximum atomic E-state index is 11.9. The summed E-state index contributed by atoms with van der Waals surface area (Å²) in [5.41, 5.74) is 6.06. The molecule has 7 nitrogen and oxygen atoms in total. The zero-order chi connectivity index (χ0) is 14.0. The Labute approximate surface area is 110 Å². The van der Waals surface area contributed by atoms with Gasteiger partial charge in [0.05, 0.1) is 6.07 Å². The zero-order valence-electron chi connectivity index (χ0n) is 10.7. The molecule has 0 aromatic carbocycles. The molecule has 2 atom stereocenters. The Bertz CT molecular complexity index is 485. The normalized spacial score (nSPS) is 23.7. The van der Waals surface area contributed by atoms with Gasteiger partial charge in [0, 0.05) is 19.0 Å². The topological polar surface area (TPSA) is 103 Å². The van der Waals surface area contributed by atoms with Crippen molar-refractivity contribution in [2.24, 2.45) is 5.73 Å². The average molecular weight is 267 g/mol. The lowest BCUT2D eigenvalue weighted by molar-refractivity contribution is -0.402. The van der Waals surface area contributed by atoms with Crippen molar-refractivity contribution in [1.82, 2.24) is 4.90 Å². The van der Waals surface area contributed by atoms with Gasteiger partial charge >= 0.3 is 5.88 Å². The molecule has 2 unspecified atom stereocenters. The third-order valence-corrected chi connectivity index (χ3v) is 3.30. The Morgan fingerprint density at radius 3 is 2.89 bits per heavy atom. The predicted octanol–water partition coefficient (Wildman–Crippen LogP) is 1.59. The van der Waals surface area contributed by atoms with Crippen molar-refractivity contribution in [3.63, 3.8) is 0 Å². The first kappa shape index (κ1) is 13.5. The van der Waals surface area contributed by atoms with Crippen LogP contribution in [0.3, 0.4) is 0 Å². The number of carbonyl (C=O) groups is 1. The van der Waals surface area contributed by atoms with Crippen LogP contribution in [-0.2, 0) is 4.79 Å². The second-order valence-electron chi connectivity index (χ2n) is 4.67. The molecule has 0 bridgehead atoms. The molecule has 7 heteroatoms. The summed E-state index contributed by atoms with van der Waals surface area (Å²) in [7, 11) is 0. The van der Waals surface area contributed by atoms with Gasteiger partial charge in [0.2, 0.25) is 5.91 Å². The van der Waals surface area contributed by atoms with Gasteiger partial charge in [-0.2, -0.15) is 0 Å². The average Bonchev–Trinajstić information content (AvgIpc) is 2.84. The first-order valence-electron chi connectivity index (χ1n) is 6.33. The highest BCUT2D eigenvalue weighted by atomic mass is 16.6. The first-order valence-corrected chi connectivity index (χ1v) is 6.33. The zero-order valence-corrected chi connectivity index (χ0v) is 10.7. The number of nitro groups is 1. The lowest BCUT2D eigenvalue weighted by Crippen LogP contribution is -2.48. The number of likely N-dealkylation sites (tertiary alicyclic amines) is 1. The molecule has 1 aliphatic rings. The summed E-state index contributed by atoms with van der Waals surface area (Å²) in [5, 5.41) is 10.7. The number of nitrogens with zero attached hydrogens (tertiary/aromatic N) is 2. The van der Waals surface area contributed by atoms with E-state index in [2.05, 4.69) is 0 Å². The molecule has 0 aliphatic carbocycles. The molecule has 2 rings (SSSR count). The van der Waals surface area contributed by atoms with Crippen molar-refractivity contribution in [2.75, 3.05) is 6.54 Å². The number of piperidine rings is 1. The third kappa shape index (κ3) is 2.60. The summed E-state index contributed by atoms with van der Waals surface area (Å²) in [6, 6.07) is 2.17. The molecule has 0 radical (unpaired) electrons. The van der Waals surface area contributed by atoms with E-state index in [1.165, 1.54) is 12.1 Å². The maximum absolute atomic E-state index is 11.9. The van der Waals surface area contributed by atoms with Crippen molar-refractivity contribution in [3.05, 3.63) is 28.0 Å². The van der Waals surface area contributed by atoms with Gasteiger partial charge in [-0.25, -0.2) is 0 Å². The second-order valence-corrected chi connectivity index (χ2v) is 4.67. The minimum absolute atomic E-state index is 0.0209. The van der Waals surface area contributed by atoms with Crippen LogP contribution in [0.1, 0.15) is 38.0 Å². The molecule has 0 saturated carbocycles. The SMILES string of the molecule is CCCN1C(=O)CCC(N)C1c1ccc([N+](=O)[O-])o1. The van der Waals surface area contributed by atoms with Crippen LogP contribution in [0, 0.1) is 10.1 Å². The smallest absolute Gasteiger partial charge is 0.404 e. The fraction of sp³-hybridized carbons (Fsp3) is 0.583. The summed E-state index contributed by atoms with van der Waals surface area (Å²) >= 11 is 0. The number of amides is 1. The van der Waals surface area contributed by atoms with Crippen molar-refractivity contribution >= 4 is 11.8 Å². The van der Waals surface area contributed by atoms with Crippen molar-refractivity contribution < 1.29 is 14.1 Å². The largest absolute Gasteiger partial charge is 0.433 e. The van der Waals surface area contributed by atoms with E-state index in [0.717, 1.165) is 6.42 Å². The van der Waals surface area contributed by atoms with Gasteiger partial charge in [0.15, 0.2) is 0 Å². The molecule has 2 heterocycles. The van der Waals surface area contributed by atoms with Crippen LogP contribution in [0.5, 0.6) is 0 Å². The standard InChI is InChI=1S/C12H17N3O4/c1-2-7-14-10(16)5-3-8(13)12(14)9-4-6-11(19-9)15(17)18/h4,6,8,12H,2-3,5,7,13H2,1H3. The van der Waals surface area contributed by atoms with Crippen LogP contribution in [0.25, 0.3) is 0 Å². The second kappa shape index (κ2) is 5.40. The Balaban J connectivity index is 2.30. The van der Waals surface area contributed by atoms with Crippen LogP contribution >= 0.6 is 0 Å². The van der Waals surface area contributed by atoms with Gasteiger partial charge in [-0.3, -0.25) is 14.9 Å². The minimum atomic E-state index is -0.593. The lowest BCUT2D eigenvalue weighted by Gasteiger charge is -2.38. The Hall–Kier alpha value is -1.89. The molecule has 1 aliphatic heterocycles. The Kier molecular flexibility index (Phi) is 3.84. The van der Waals surface area contributed by atoms with Crippen molar-refractivity contribution in [1.29, 1.82) is 0 Å². The van der Waals surface area contributed by atoms with E-state index >= 15 is 0 Å². The lowest BCUT2D eigenvalue weighted by atomic mass is 9.94. The number of nitrogens with two attached hydrogens (primary N) is 1. The van der Waals surface area contributed by atoms with Gasteiger partial charge in [0.1, 0.15) is 16.7 Å². The van der Waals surface area contributed by atoms with E-state index in [1.807, 2.05) is 6.92 Å². The highest BCUT2D eigenvalue weighted by Gasteiger charge is 2.37. The van der Waals surface area contributed by atoms with Gasteiger partial charge in [-0.05, 0) is 18.9 Å². The molecule has 1 amide bonds. The van der Waals surface area contributed by atoms with Crippen LogP contribution in [0.2, 0.25) is 0 Å². The molecule has 1 saturated heterocycles. The monoisotopic (exact) mass is 267 g/mol. The van der Waals surface area contributed by atoms with E-state index in [0.29, 0.717) is 25.1 Å². The van der Waals surface area contributed by atoms with Crippen molar-refractivity contribution in [3.8, 4) is 0 Å². The molecular weight excluding hydrogens is 250 g/mol. The van der Waals surface area contributed by atoms with Gasteiger partial charge < -0.3 is 15.1 Å². The van der Waals surface area contributed by atoms with Crippen LogP contribution < -0.4 is 5.73 Å².